The Balaban J connectivity index is 1.38. The van der Waals surface area contributed by atoms with Crippen LogP contribution in [0.5, 0.6) is 5.75 Å². The molecule has 1 fully saturated rings. The van der Waals surface area contributed by atoms with Crippen molar-refractivity contribution in [2.45, 2.75) is 31.9 Å². The number of amides is 1. The van der Waals surface area contributed by atoms with E-state index in [1.807, 2.05) is 23.1 Å². The molecule has 2 aliphatic heterocycles. The summed E-state index contributed by atoms with van der Waals surface area (Å²) >= 11 is 0. The minimum absolute atomic E-state index is 0.181. The third-order valence-electron chi connectivity index (χ3n) is 5.22. The standard InChI is InChI=1S/C21H23FN2O3/c22-18-11-14(1-3-19(18)24-8-5-17(25)6-9-24)13-23-21(26)16-2-4-20-15(12-16)7-10-27-20/h1-4,11-12,17,25H,5-10,13H2,(H,23,26). The second kappa shape index (κ2) is 7.56. The Bertz CT molecular complexity index is 847. The summed E-state index contributed by atoms with van der Waals surface area (Å²) in [6.07, 6.45) is 1.84. The summed E-state index contributed by atoms with van der Waals surface area (Å²) in [5.74, 6) is 0.362. The van der Waals surface area contributed by atoms with Gasteiger partial charge in [0.2, 0.25) is 0 Å². The van der Waals surface area contributed by atoms with Crippen molar-refractivity contribution >= 4 is 11.6 Å². The van der Waals surface area contributed by atoms with Crippen LogP contribution in [0.1, 0.15) is 34.3 Å². The van der Waals surface area contributed by atoms with Gasteiger partial charge in [-0.25, -0.2) is 4.39 Å². The summed E-state index contributed by atoms with van der Waals surface area (Å²) in [7, 11) is 0. The highest BCUT2D eigenvalue weighted by atomic mass is 19.1. The fourth-order valence-electron chi connectivity index (χ4n) is 3.64. The normalized spacial score (nSPS) is 16.7. The molecule has 1 saturated heterocycles. The van der Waals surface area contributed by atoms with E-state index in [2.05, 4.69) is 5.32 Å². The minimum Gasteiger partial charge on any atom is -0.493 e. The van der Waals surface area contributed by atoms with Crippen molar-refractivity contribution in [2.75, 3.05) is 24.6 Å². The van der Waals surface area contributed by atoms with Crippen LogP contribution in [-0.4, -0.2) is 36.8 Å². The molecule has 2 aliphatic rings. The Morgan fingerprint density at radius 3 is 2.81 bits per heavy atom. The van der Waals surface area contributed by atoms with E-state index in [4.69, 9.17) is 4.74 Å². The van der Waals surface area contributed by atoms with Crippen molar-refractivity contribution in [1.29, 1.82) is 0 Å². The summed E-state index contributed by atoms with van der Waals surface area (Å²) in [5.41, 5.74) is 2.90. The molecule has 2 heterocycles. The van der Waals surface area contributed by atoms with Gasteiger partial charge in [0.05, 0.1) is 18.4 Å². The van der Waals surface area contributed by atoms with E-state index >= 15 is 0 Å². The number of aliphatic hydroxyl groups excluding tert-OH is 1. The molecule has 2 aromatic rings. The van der Waals surface area contributed by atoms with E-state index in [1.165, 1.54) is 6.07 Å². The molecule has 1 amide bonds. The molecule has 5 nitrogen and oxygen atoms in total. The monoisotopic (exact) mass is 370 g/mol. The lowest BCUT2D eigenvalue weighted by Gasteiger charge is -2.31. The molecule has 0 bridgehead atoms. The van der Waals surface area contributed by atoms with Gasteiger partial charge in [0.1, 0.15) is 11.6 Å². The van der Waals surface area contributed by atoms with Crippen molar-refractivity contribution in [3.05, 3.63) is 58.9 Å². The Morgan fingerprint density at radius 1 is 1.22 bits per heavy atom. The Morgan fingerprint density at radius 2 is 2.04 bits per heavy atom. The van der Waals surface area contributed by atoms with Gasteiger partial charge in [0, 0.05) is 31.6 Å². The van der Waals surface area contributed by atoms with Crippen molar-refractivity contribution in [3.8, 4) is 5.75 Å². The van der Waals surface area contributed by atoms with Crippen molar-refractivity contribution in [2.24, 2.45) is 0 Å². The average molecular weight is 370 g/mol. The molecule has 0 aliphatic carbocycles. The predicted molar refractivity (Wildman–Crippen MR) is 101 cm³/mol. The van der Waals surface area contributed by atoms with Crippen LogP contribution in [0.15, 0.2) is 36.4 Å². The lowest BCUT2D eigenvalue weighted by atomic mass is 10.1. The summed E-state index contributed by atoms with van der Waals surface area (Å²) < 4.78 is 19.9. The molecular weight excluding hydrogens is 347 g/mol. The highest BCUT2D eigenvalue weighted by Gasteiger charge is 2.20. The number of benzene rings is 2. The number of nitrogens with one attached hydrogen (secondary N) is 1. The van der Waals surface area contributed by atoms with Crippen molar-refractivity contribution < 1.29 is 19.0 Å². The van der Waals surface area contributed by atoms with Crippen LogP contribution in [-0.2, 0) is 13.0 Å². The Labute approximate surface area is 157 Å². The summed E-state index contributed by atoms with van der Waals surface area (Å²) in [4.78, 5) is 14.3. The molecule has 0 unspecified atom stereocenters. The summed E-state index contributed by atoms with van der Waals surface area (Å²) in [5, 5.41) is 12.4. The quantitative estimate of drug-likeness (QED) is 0.869. The SMILES string of the molecule is O=C(NCc1ccc(N2CCC(O)CC2)c(F)c1)c1ccc2c(c1)CCO2. The Hall–Kier alpha value is -2.60. The van der Waals surface area contributed by atoms with Crippen LogP contribution in [0.4, 0.5) is 10.1 Å². The zero-order valence-corrected chi connectivity index (χ0v) is 15.1. The number of fused-ring (bicyclic) bond motifs is 1. The number of ether oxygens (including phenoxy) is 1. The van der Waals surface area contributed by atoms with Gasteiger partial charge in [-0.05, 0) is 54.3 Å². The molecule has 0 aromatic heterocycles. The molecule has 27 heavy (non-hydrogen) atoms. The molecular formula is C21H23FN2O3. The van der Waals surface area contributed by atoms with Crippen LogP contribution in [0.25, 0.3) is 0 Å². The maximum Gasteiger partial charge on any atom is 0.251 e. The lowest BCUT2D eigenvalue weighted by molar-refractivity contribution is 0.0950. The van der Waals surface area contributed by atoms with E-state index in [-0.39, 0.29) is 24.4 Å². The first-order chi connectivity index (χ1) is 13.1. The molecule has 0 radical (unpaired) electrons. The number of aliphatic hydroxyl groups is 1. The number of piperidine rings is 1. The molecule has 0 saturated carbocycles. The first-order valence-corrected chi connectivity index (χ1v) is 9.35. The summed E-state index contributed by atoms with van der Waals surface area (Å²) in [6, 6.07) is 10.5. The maximum absolute atomic E-state index is 14.5. The van der Waals surface area contributed by atoms with E-state index in [0.717, 1.165) is 17.7 Å². The first kappa shape index (κ1) is 17.8. The molecule has 0 spiro atoms. The molecule has 2 aromatic carbocycles. The number of carbonyl (C=O) groups excluding carboxylic acids is 1. The van der Waals surface area contributed by atoms with Gasteiger partial charge in [-0.1, -0.05) is 6.07 Å². The topological polar surface area (TPSA) is 61.8 Å². The van der Waals surface area contributed by atoms with Gasteiger partial charge in [-0.3, -0.25) is 4.79 Å². The number of halogens is 1. The van der Waals surface area contributed by atoms with Gasteiger partial charge in [0.15, 0.2) is 0 Å². The molecule has 6 heteroatoms. The van der Waals surface area contributed by atoms with Crippen LogP contribution in [0, 0.1) is 5.82 Å². The Kier molecular flexibility index (Phi) is 4.99. The van der Waals surface area contributed by atoms with E-state index in [0.29, 0.717) is 49.4 Å². The van der Waals surface area contributed by atoms with Crippen LogP contribution in [0.3, 0.4) is 0 Å². The fraction of sp³-hybridized carbons (Fsp3) is 0.381. The van der Waals surface area contributed by atoms with Gasteiger partial charge in [0.25, 0.3) is 5.91 Å². The molecule has 4 rings (SSSR count). The molecule has 2 N–H and O–H groups in total. The highest BCUT2D eigenvalue weighted by Crippen LogP contribution is 2.26. The van der Waals surface area contributed by atoms with E-state index in [9.17, 15) is 14.3 Å². The fourth-order valence-corrected chi connectivity index (χ4v) is 3.64. The first-order valence-electron chi connectivity index (χ1n) is 9.35. The van der Waals surface area contributed by atoms with E-state index in [1.54, 1.807) is 12.1 Å². The van der Waals surface area contributed by atoms with Gasteiger partial charge >= 0.3 is 0 Å². The zero-order chi connectivity index (χ0) is 18.8. The third-order valence-corrected chi connectivity index (χ3v) is 5.22. The van der Waals surface area contributed by atoms with Crippen molar-refractivity contribution in [3.63, 3.8) is 0 Å². The van der Waals surface area contributed by atoms with Crippen LogP contribution < -0.4 is 15.0 Å². The smallest absolute Gasteiger partial charge is 0.251 e. The van der Waals surface area contributed by atoms with Gasteiger partial charge in [-0.2, -0.15) is 0 Å². The highest BCUT2D eigenvalue weighted by molar-refractivity contribution is 5.94. The maximum atomic E-state index is 14.5. The van der Waals surface area contributed by atoms with E-state index < -0.39 is 0 Å². The largest absolute Gasteiger partial charge is 0.493 e. The number of anilines is 1. The second-order valence-corrected chi connectivity index (χ2v) is 7.11. The van der Waals surface area contributed by atoms with Gasteiger partial charge < -0.3 is 20.1 Å². The van der Waals surface area contributed by atoms with Gasteiger partial charge in [-0.15, -0.1) is 0 Å². The number of rotatable bonds is 4. The lowest BCUT2D eigenvalue weighted by Crippen LogP contribution is -2.36. The number of nitrogens with zero attached hydrogens (tertiary/aromatic N) is 1. The predicted octanol–water partition coefficient (Wildman–Crippen LogP) is 2.65. The van der Waals surface area contributed by atoms with Crippen LogP contribution in [0.2, 0.25) is 0 Å². The number of carbonyl (C=O) groups is 1. The van der Waals surface area contributed by atoms with Crippen molar-refractivity contribution in [1.82, 2.24) is 5.32 Å². The zero-order valence-electron chi connectivity index (χ0n) is 15.1. The number of hydrogen-bond donors (Lipinski definition) is 2. The summed E-state index contributed by atoms with van der Waals surface area (Å²) in [6.45, 7) is 2.22. The molecule has 142 valence electrons. The number of hydrogen-bond acceptors (Lipinski definition) is 4. The average Bonchev–Trinajstić information content (AvgIpc) is 3.15. The third kappa shape index (κ3) is 3.90. The second-order valence-electron chi connectivity index (χ2n) is 7.11. The molecule has 0 atom stereocenters. The minimum atomic E-state index is -0.298. The van der Waals surface area contributed by atoms with Crippen LogP contribution >= 0.6 is 0 Å².